The van der Waals surface area contributed by atoms with Crippen LogP contribution in [0.1, 0.15) is 4.88 Å². The lowest BCUT2D eigenvalue weighted by atomic mass is 10.1. The van der Waals surface area contributed by atoms with Crippen molar-refractivity contribution in [3.05, 3.63) is 35.2 Å². The normalized spacial score (nSPS) is 10.3. The maximum atomic E-state index is 5.54. The number of hydrogen-bond donors (Lipinski definition) is 1. The Kier molecular flexibility index (Phi) is 2.99. The first-order valence-electron chi connectivity index (χ1n) is 4.63. The standard InChI is InChI=1S/C11H12N2OS/c1-14-9-4-2-8(3-5-9)11-6-10(7-12)15-13-11/h2-6H,7,12H2,1H3. The van der Waals surface area contributed by atoms with Crippen LogP contribution in [0.2, 0.25) is 0 Å². The van der Waals surface area contributed by atoms with Gasteiger partial charge in [0.25, 0.3) is 0 Å². The van der Waals surface area contributed by atoms with Crippen LogP contribution in [-0.2, 0) is 6.54 Å². The highest BCUT2D eigenvalue weighted by atomic mass is 32.1. The molecule has 15 heavy (non-hydrogen) atoms. The predicted octanol–water partition coefficient (Wildman–Crippen LogP) is 2.28. The first kappa shape index (κ1) is 10.1. The summed E-state index contributed by atoms with van der Waals surface area (Å²) in [4.78, 5) is 1.10. The van der Waals surface area contributed by atoms with Gasteiger partial charge < -0.3 is 10.5 Å². The molecule has 78 valence electrons. The third-order valence-electron chi connectivity index (χ3n) is 2.15. The van der Waals surface area contributed by atoms with Crippen molar-refractivity contribution in [3.63, 3.8) is 0 Å². The molecule has 4 heteroatoms. The lowest BCUT2D eigenvalue weighted by molar-refractivity contribution is 0.415. The highest BCUT2D eigenvalue weighted by Gasteiger charge is 2.03. The molecule has 0 atom stereocenters. The molecule has 0 aliphatic carbocycles. The molecule has 0 unspecified atom stereocenters. The van der Waals surface area contributed by atoms with Crippen molar-refractivity contribution in [1.82, 2.24) is 4.37 Å². The molecule has 0 aliphatic rings. The van der Waals surface area contributed by atoms with Crippen LogP contribution in [0.25, 0.3) is 11.3 Å². The minimum Gasteiger partial charge on any atom is -0.497 e. The van der Waals surface area contributed by atoms with Gasteiger partial charge in [-0.15, -0.1) is 0 Å². The molecule has 3 nitrogen and oxygen atoms in total. The summed E-state index contributed by atoms with van der Waals surface area (Å²) in [5, 5.41) is 0. The van der Waals surface area contributed by atoms with Gasteiger partial charge in [0.2, 0.25) is 0 Å². The molecular weight excluding hydrogens is 208 g/mol. The Hall–Kier alpha value is -1.39. The summed E-state index contributed by atoms with van der Waals surface area (Å²) < 4.78 is 9.43. The highest BCUT2D eigenvalue weighted by Crippen LogP contribution is 2.23. The summed E-state index contributed by atoms with van der Waals surface area (Å²) in [5.41, 5.74) is 7.60. The second-order valence-corrected chi connectivity index (χ2v) is 4.00. The van der Waals surface area contributed by atoms with Crippen LogP contribution in [0.15, 0.2) is 30.3 Å². The predicted molar refractivity (Wildman–Crippen MR) is 62.0 cm³/mol. The molecule has 2 N–H and O–H groups in total. The largest absolute Gasteiger partial charge is 0.497 e. The van der Waals surface area contributed by atoms with E-state index in [9.17, 15) is 0 Å². The van der Waals surface area contributed by atoms with Gasteiger partial charge in [0.05, 0.1) is 12.8 Å². The fourth-order valence-corrected chi connectivity index (χ4v) is 1.92. The summed E-state index contributed by atoms with van der Waals surface area (Å²) in [6, 6.07) is 9.86. The van der Waals surface area contributed by atoms with E-state index in [1.165, 1.54) is 11.5 Å². The first-order valence-corrected chi connectivity index (χ1v) is 5.41. The minimum atomic E-state index is 0.549. The van der Waals surface area contributed by atoms with Crippen LogP contribution < -0.4 is 10.5 Å². The molecule has 0 bridgehead atoms. The molecule has 0 saturated heterocycles. The van der Waals surface area contributed by atoms with E-state index in [0.29, 0.717) is 6.54 Å². The van der Waals surface area contributed by atoms with Crippen molar-refractivity contribution < 1.29 is 4.74 Å². The zero-order valence-corrected chi connectivity index (χ0v) is 9.25. The minimum absolute atomic E-state index is 0.549. The second kappa shape index (κ2) is 4.42. The van der Waals surface area contributed by atoms with E-state index in [1.54, 1.807) is 7.11 Å². The topological polar surface area (TPSA) is 48.1 Å². The van der Waals surface area contributed by atoms with Crippen molar-refractivity contribution >= 4 is 11.5 Å². The van der Waals surface area contributed by atoms with E-state index in [0.717, 1.165) is 21.9 Å². The molecular formula is C11H12N2OS. The Morgan fingerprint density at radius 2 is 2.07 bits per heavy atom. The molecule has 0 fully saturated rings. The Bertz CT molecular complexity index is 436. The molecule has 1 aromatic carbocycles. The summed E-state index contributed by atoms with van der Waals surface area (Å²) >= 11 is 1.45. The number of nitrogens with zero attached hydrogens (tertiary/aromatic N) is 1. The molecule has 1 aromatic heterocycles. The number of rotatable bonds is 3. The van der Waals surface area contributed by atoms with E-state index in [4.69, 9.17) is 10.5 Å². The molecule has 1 heterocycles. The zero-order valence-electron chi connectivity index (χ0n) is 8.43. The maximum Gasteiger partial charge on any atom is 0.118 e. The Labute approximate surface area is 92.7 Å². The van der Waals surface area contributed by atoms with Crippen molar-refractivity contribution in [2.75, 3.05) is 7.11 Å². The second-order valence-electron chi connectivity index (χ2n) is 3.11. The van der Waals surface area contributed by atoms with Gasteiger partial charge in [0, 0.05) is 17.0 Å². The van der Waals surface area contributed by atoms with Crippen LogP contribution >= 0.6 is 11.5 Å². The Morgan fingerprint density at radius 1 is 1.33 bits per heavy atom. The molecule has 0 amide bonds. The van der Waals surface area contributed by atoms with Crippen molar-refractivity contribution in [2.24, 2.45) is 5.73 Å². The summed E-state index contributed by atoms with van der Waals surface area (Å²) in [6.45, 7) is 0.549. The van der Waals surface area contributed by atoms with Crippen LogP contribution in [0.5, 0.6) is 5.75 Å². The number of benzene rings is 1. The molecule has 0 spiro atoms. The molecule has 2 rings (SSSR count). The average molecular weight is 220 g/mol. The van der Waals surface area contributed by atoms with E-state index in [2.05, 4.69) is 4.37 Å². The van der Waals surface area contributed by atoms with E-state index < -0.39 is 0 Å². The van der Waals surface area contributed by atoms with Gasteiger partial charge in [-0.2, -0.15) is 4.37 Å². The summed E-state index contributed by atoms with van der Waals surface area (Å²) in [6.07, 6.45) is 0. The molecule has 0 aliphatic heterocycles. The van der Waals surface area contributed by atoms with E-state index in [1.807, 2.05) is 30.3 Å². The first-order chi connectivity index (χ1) is 7.33. The third kappa shape index (κ3) is 2.16. The van der Waals surface area contributed by atoms with Crippen molar-refractivity contribution in [3.8, 4) is 17.0 Å². The van der Waals surface area contributed by atoms with Crippen molar-refractivity contribution in [2.45, 2.75) is 6.54 Å². The Balaban J connectivity index is 2.28. The van der Waals surface area contributed by atoms with Gasteiger partial charge in [-0.05, 0) is 41.9 Å². The van der Waals surface area contributed by atoms with Crippen molar-refractivity contribution in [1.29, 1.82) is 0 Å². The summed E-state index contributed by atoms with van der Waals surface area (Å²) in [7, 11) is 1.66. The van der Waals surface area contributed by atoms with Gasteiger partial charge in [-0.3, -0.25) is 0 Å². The summed E-state index contributed by atoms with van der Waals surface area (Å²) in [5.74, 6) is 0.855. The SMILES string of the molecule is COc1ccc(-c2cc(CN)sn2)cc1. The Morgan fingerprint density at radius 3 is 2.60 bits per heavy atom. The van der Waals surface area contributed by atoms with Gasteiger partial charge in [0.1, 0.15) is 5.75 Å². The quantitative estimate of drug-likeness (QED) is 0.863. The fraction of sp³-hybridized carbons (Fsp3) is 0.182. The van der Waals surface area contributed by atoms with E-state index >= 15 is 0 Å². The third-order valence-corrected chi connectivity index (χ3v) is 2.95. The number of nitrogens with two attached hydrogens (primary N) is 1. The number of ether oxygens (including phenoxy) is 1. The van der Waals surface area contributed by atoms with Crippen LogP contribution in [-0.4, -0.2) is 11.5 Å². The monoisotopic (exact) mass is 220 g/mol. The van der Waals surface area contributed by atoms with Gasteiger partial charge in [0.15, 0.2) is 0 Å². The lowest BCUT2D eigenvalue weighted by Crippen LogP contribution is -1.91. The number of aromatic nitrogens is 1. The number of hydrogen-bond acceptors (Lipinski definition) is 4. The lowest BCUT2D eigenvalue weighted by Gasteiger charge is -2.00. The van der Waals surface area contributed by atoms with Crippen LogP contribution in [0, 0.1) is 0 Å². The number of methoxy groups -OCH3 is 1. The molecule has 0 saturated carbocycles. The maximum absolute atomic E-state index is 5.54. The molecule has 2 aromatic rings. The fourth-order valence-electron chi connectivity index (χ4n) is 1.31. The zero-order chi connectivity index (χ0) is 10.7. The van der Waals surface area contributed by atoms with E-state index in [-0.39, 0.29) is 0 Å². The van der Waals surface area contributed by atoms with Gasteiger partial charge in [-0.25, -0.2) is 0 Å². The van der Waals surface area contributed by atoms with Crippen LogP contribution in [0.3, 0.4) is 0 Å². The highest BCUT2D eigenvalue weighted by molar-refractivity contribution is 7.06. The average Bonchev–Trinajstić information content (AvgIpc) is 2.78. The smallest absolute Gasteiger partial charge is 0.118 e. The van der Waals surface area contributed by atoms with Gasteiger partial charge >= 0.3 is 0 Å². The molecule has 0 radical (unpaired) electrons. The van der Waals surface area contributed by atoms with Crippen LogP contribution in [0.4, 0.5) is 0 Å². The van der Waals surface area contributed by atoms with Gasteiger partial charge in [-0.1, -0.05) is 0 Å².